The molecule has 0 aromatic heterocycles. The van der Waals surface area contributed by atoms with Crippen LogP contribution in [-0.4, -0.2) is 64.7 Å². The molecule has 8 nitrogen and oxygen atoms in total. The minimum Gasteiger partial charge on any atom is -0.459 e. The lowest BCUT2D eigenvalue weighted by atomic mass is 10.0. The van der Waals surface area contributed by atoms with Crippen LogP contribution in [0.3, 0.4) is 0 Å². The maximum atomic E-state index is 13.7. The highest BCUT2D eigenvalue weighted by atomic mass is 16.5. The van der Waals surface area contributed by atoms with Crippen molar-refractivity contribution in [3.05, 3.63) is 95.6 Å². The molecule has 2 amide bonds. The number of benzene rings is 3. The van der Waals surface area contributed by atoms with Crippen LogP contribution in [0, 0.1) is 0 Å². The fourth-order valence-electron chi connectivity index (χ4n) is 5.27. The summed E-state index contributed by atoms with van der Waals surface area (Å²) in [6.45, 7) is 1.51. The van der Waals surface area contributed by atoms with Gasteiger partial charge in [-0.3, -0.25) is 9.69 Å². The van der Waals surface area contributed by atoms with Crippen molar-refractivity contribution in [2.24, 2.45) is 0 Å². The SMILES string of the molecule is COC(=O)N(C1c2ccccc2-c2ccccc21)C1C(=O)N(C(C)C(=O)OCc2ccccc2)CC1O. The molecule has 0 radical (unpaired) electrons. The number of carbonyl (C=O) groups is 3. The Morgan fingerprint density at radius 2 is 1.54 bits per heavy atom. The lowest BCUT2D eigenvalue weighted by Gasteiger charge is -2.34. The van der Waals surface area contributed by atoms with Crippen molar-refractivity contribution in [1.82, 2.24) is 9.80 Å². The van der Waals surface area contributed by atoms with E-state index < -0.39 is 42.2 Å². The molecule has 0 bridgehead atoms. The first kappa shape index (κ1) is 24.5. The second-order valence-electron chi connectivity index (χ2n) is 9.23. The van der Waals surface area contributed by atoms with Gasteiger partial charge in [-0.25, -0.2) is 9.59 Å². The molecule has 3 unspecified atom stereocenters. The van der Waals surface area contributed by atoms with E-state index in [4.69, 9.17) is 9.47 Å². The number of amides is 2. The van der Waals surface area contributed by atoms with Gasteiger partial charge in [0.15, 0.2) is 0 Å². The molecule has 1 heterocycles. The lowest BCUT2D eigenvalue weighted by Crippen LogP contribution is -2.52. The molecule has 2 aliphatic rings. The summed E-state index contributed by atoms with van der Waals surface area (Å²) in [5.74, 6) is -1.13. The minimum absolute atomic E-state index is 0.0714. The Bertz CT molecular complexity index is 1280. The third-order valence-corrected chi connectivity index (χ3v) is 7.08. The number of aliphatic hydroxyl groups excluding tert-OH is 1. The van der Waals surface area contributed by atoms with E-state index in [-0.39, 0.29) is 13.2 Å². The van der Waals surface area contributed by atoms with Crippen LogP contribution >= 0.6 is 0 Å². The standard InChI is InChI=1S/C29H28N2O6/c1-18(28(34)37-17-19-10-4-3-5-11-19)30-16-24(32)26(27(30)33)31(29(35)36-2)25-22-14-8-6-12-20(22)21-13-7-9-15-23(21)25/h3-15,18,24-26,32H,16-17H2,1-2H3. The van der Waals surface area contributed by atoms with Crippen molar-refractivity contribution in [1.29, 1.82) is 0 Å². The number of rotatable bonds is 6. The Hall–Kier alpha value is -4.17. The monoisotopic (exact) mass is 500 g/mol. The summed E-state index contributed by atoms with van der Waals surface area (Å²) in [4.78, 5) is 42.3. The van der Waals surface area contributed by atoms with Crippen LogP contribution < -0.4 is 0 Å². The Labute approximate surface area is 215 Å². The highest BCUT2D eigenvalue weighted by molar-refractivity contribution is 5.93. The van der Waals surface area contributed by atoms with Gasteiger partial charge in [-0.1, -0.05) is 78.9 Å². The molecule has 5 rings (SSSR count). The zero-order valence-corrected chi connectivity index (χ0v) is 20.6. The predicted molar refractivity (Wildman–Crippen MR) is 135 cm³/mol. The summed E-state index contributed by atoms with van der Waals surface area (Å²) in [6, 6.07) is 21.7. The van der Waals surface area contributed by atoms with Gasteiger partial charge in [0.2, 0.25) is 5.91 Å². The number of fused-ring (bicyclic) bond motifs is 3. The molecule has 3 aromatic carbocycles. The molecular weight excluding hydrogens is 472 g/mol. The Morgan fingerprint density at radius 1 is 0.973 bits per heavy atom. The molecule has 1 aliphatic carbocycles. The number of esters is 1. The van der Waals surface area contributed by atoms with Crippen LogP contribution in [0.4, 0.5) is 4.79 Å². The molecule has 0 spiro atoms. The molecule has 0 saturated carbocycles. The van der Waals surface area contributed by atoms with E-state index in [9.17, 15) is 19.5 Å². The molecule has 1 fully saturated rings. The van der Waals surface area contributed by atoms with E-state index >= 15 is 0 Å². The van der Waals surface area contributed by atoms with Gasteiger partial charge in [0, 0.05) is 0 Å². The number of ether oxygens (including phenoxy) is 2. The second-order valence-corrected chi connectivity index (χ2v) is 9.23. The number of methoxy groups -OCH3 is 1. The number of β-amino-alcohol motifs (C(OH)–C–C–N with tert-alkyl or cyclic N) is 1. The van der Waals surface area contributed by atoms with Gasteiger partial charge in [0.25, 0.3) is 0 Å². The van der Waals surface area contributed by atoms with E-state index in [1.165, 1.54) is 16.9 Å². The van der Waals surface area contributed by atoms with Crippen LogP contribution in [0.1, 0.15) is 29.7 Å². The van der Waals surface area contributed by atoms with Crippen LogP contribution in [-0.2, 0) is 25.7 Å². The van der Waals surface area contributed by atoms with E-state index in [0.717, 1.165) is 27.8 Å². The Morgan fingerprint density at radius 3 is 2.14 bits per heavy atom. The molecule has 1 saturated heterocycles. The predicted octanol–water partition coefficient (Wildman–Crippen LogP) is 3.53. The number of likely N-dealkylation sites (tertiary alicyclic amines) is 1. The molecule has 3 atom stereocenters. The maximum Gasteiger partial charge on any atom is 0.411 e. The normalized spacial score (nSPS) is 19.2. The smallest absolute Gasteiger partial charge is 0.411 e. The first-order valence-electron chi connectivity index (χ1n) is 12.2. The third-order valence-electron chi connectivity index (χ3n) is 7.08. The van der Waals surface area contributed by atoms with Crippen LogP contribution in [0.25, 0.3) is 11.1 Å². The summed E-state index contributed by atoms with van der Waals surface area (Å²) >= 11 is 0. The molecule has 3 aromatic rings. The highest BCUT2D eigenvalue weighted by Gasteiger charge is 2.52. The average molecular weight is 501 g/mol. The largest absolute Gasteiger partial charge is 0.459 e. The van der Waals surface area contributed by atoms with Crippen LogP contribution in [0.2, 0.25) is 0 Å². The fourth-order valence-corrected chi connectivity index (χ4v) is 5.27. The summed E-state index contributed by atoms with van der Waals surface area (Å²) < 4.78 is 10.5. The van der Waals surface area contributed by atoms with Gasteiger partial charge in [-0.15, -0.1) is 0 Å². The van der Waals surface area contributed by atoms with Crippen LogP contribution in [0.5, 0.6) is 0 Å². The van der Waals surface area contributed by atoms with Gasteiger partial charge in [0.05, 0.1) is 19.7 Å². The fraction of sp³-hybridized carbons (Fsp3) is 0.276. The van der Waals surface area contributed by atoms with E-state index in [0.29, 0.717) is 0 Å². The number of hydrogen-bond donors (Lipinski definition) is 1. The van der Waals surface area contributed by atoms with Crippen molar-refractivity contribution in [3.63, 3.8) is 0 Å². The van der Waals surface area contributed by atoms with Crippen molar-refractivity contribution in [2.45, 2.75) is 37.8 Å². The van der Waals surface area contributed by atoms with Crippen LogP contribution in [0.15, 0.2) is 78.9 Å². The topological polar surface area (TPSA) is 96.4 Å². The third kappa shape index (κ3) is 4.34. The minimum atomic E-state index is -1.24. The quantitative estimate of drug-likeness (QED) is 0.521. The first-order chi connectivity index (χ1) is 17.9. The van der Waals surface area contributed by atoms with E-state index in [1.54, 1.807) is 6.92 Å². The Kier molecular flexibility index (Phi) is 6.67. The van der Waals surface area contributed by atoms with E-state index in [1.807, 2.05) is 78.9 Å². The van der Waals surface area contributed by atoms with Crippen molar-refractivity contribution in [2.75, 3.05) is 13.7 Å². The Balaban J connectivity index is 1.43. The second kappa shape index (κ2) is 10.1. The molecule has 37 heavy (non-hydrogen) atoms. The number of hydrogen-bond acceptors (Lipinski definition) is 6. The van der Waals surface area contributed by atoms with Crippen molar-refractivity contribution < 1.29 is 29.0 Å². The zero-order valence-electron chi connectivity index (χ0n) is 20.6. The van der Waals surface area contributed by atoms with Crippen molar-refractivity contribution in [3.8, 4) is 11.1 Å². The van der Waals surface area contributed by atoms with Gasteiger partial charge < -0.3 is 19.5 Å². The van der Waals surface area contributed by atoms with Crippen molar-refractivity contribution >= 4 is 18.0 Å². The highest BCUT2D eigenvalue weighted by Crippen LogP contribution is 2.47. The van der Waals surface area contributed by atoms with E-state index in [2.05, 4.69) is 0 Å². The first-order valence-corrected chi connectivity index (χ1v) is 12.2. The maximum absolute atomic E-state index is 13.7. The van der Waals surface area contributed by atoms with Gasteiger partial charge in [-0.05, 0) is 34.7 Å². The molecule has 8 heteroatoms. The number of aliphatic hydroxyl groups is 1. The average Bonchev–Trinajstić information content (AvgIpc) is 3.42. The number of carbonyl (C=O) groups excluding carboxylic acids is 3. The van der Waals surface area contributed by atoms with Gasteiger partial charge in [0.1, 0.15) is 24.8 Å². The molecular formula is C29H28N2O6. The zero-order chi connectivity index (χ0) is 26.1. The summed E-state index contributed by atoms with van der Waals surface area (Å²) in [5, 5.41) is 11.1. The lowest BCUT2D eigenvalue weighted by molar-refractivity contribution is -0.154. The summed E-state index contributed by atoms with van der Waals surface area (Å²) in [7, 11) is 1.25. The summed E-state index contributed by atoms with van der Waals surface area (Å²) in [6.07, 6.45) is -1.97. The molecule has 1 aliphatic heterocycles. The molecule has 190 valence electrons. The summed E-state index contributed by atoms with van der Waals surface area (Å²) in [5.41, 5.74) is 4.40. The van der Waals surface area contributed by atoms with Gasteiger partial charge >= 0.3 is 12.1 Å². The number of nitrogens with zero attached hydrogens (tertiary/aromatic N) is 2. The molecule has 1 N–H and O–H groups in total. The van der Waals surface area contributed by atoms with Gasteiger partial charge in [-0.2, -0.15) is 0 Å².